The predicted octanol–water partition coefficient (Wildman–Crippen LogP) is 1.27. The molecule has 4 nitrogen and oxygen atoms in total. The molecule has 1 heterocycles. The zero-order valence-electron chi connectivity index (χ0n) is 9.78. The number of hydrogen-bond acceptors (Lipinski definition) is 3. The van der Waals surface area contributed by atoms with E-state index in [1.54, 1.807) is 6.92 Å². The fourth-order valence-corrected chi connectivity index (χ4v) is 1.85. The Morgan fingerprint density at radius 2 is 1.71 bits per heavy atom. The summed E-state index contributed by atoms with van der Waals surface area (Å²) in [6.07, 6.45) is 0. The maximum atomic E-state index is 11.6. The first-order valence-corrected chi connectivity index (χ1v) is 5.43. The number of carbonyl (C=O) groups is 2. The van der Waals surface area contributed by atoms with E-state index in [-0.39, 0.29) is 6.04 Å². The number of nitrogens with one attached hydrogen (secondary N) is 2. The van der Waals surface area contributed by atoms with Crippen molar-refractivity contribution >= 4 is 11.7 Å². The van der Waals surface area contributed by atoms with E-state index >= 15 is 0 Å². The Morgan fingerprint density at radius 1 is 1.06 bits per heavy atom. The SMILES string of the molecule is CC1=C(C)[C@@H](c2ccccc2)NNC(=O)C1=O. The van der Waals surface area contributed by atoms with Crippen LogP contribution in [0.1, 0.15) is 25.5 Å². The number of hydrazine groups is 1. The minimum absolute atomic E-state index is 0.161. The summed E-state index contributed by atoms with van der Waals surface area (Å²) in [7, 11) is 0. The molecule has 1 atom stereocenters. The normalized spacial score (nSPS) is 21.2. The smallest absolute Gasteiger partial charge is 0.284 e. The van der Waals surface area contributed by atoms with Crippen molar-refractivity contribution in [2.45, 2.75) is 19.9 Å². The van der Waals surface area contributed by atoms with E-state index in [1.807, 2.05) is 37.3 Å². The molecule has 4 heteroatoms. The van der Waals surface area contributed by atoms with Crippen molar-refractivity contribution in [1.82, 2.24) is 10.9 Å². The fraction of sp³-hybridized carbons (Fsp3) is 0.231. The molecule has 0 unspecified atom stereocenters. The molecule has 0 spiro atoms. The first-order valence-electron chi connectivity index (χ1n) is 5.43. The molecule has 1 aromatic carbocycles. The van der Waals surface area contributed by atoms with Gasteiger partial charge in [0.2, 0.25) is 5.78 Å². The van der Waals surface area contributed by atoms with Gasteiger partial charge in [-0.25, -0.2) is 5.43 Å². The van der Waals surface area contributed by atoms with E-state index in [9.17, 15) is 9.59 Å². The minimum Gasteiger partial charge on any atom is -0.284 e. The number of carbonyl (C=O) groups excluding carboxylic acids is 2. The number of ketones is 1. The molecule has 88 valence electrons. The number of Topliss-reactive ketones (excluding diaryl/α,β-unsaturated/α-hetero) is 1. The van der Waals surface area contributed by atoms with Crippen molar-refractivity contribution in [3.8, 4) is 0 Å². The molecular weight excluding hydrogens is 216 g/mol. The topological polar surface area (TPSA) is 58.2 Å². The van der Waals surface area contributed by atoms with Gasteiger partial charge in [-0.3, -0.25) is 15.0 Å². The second-order valence-corrected chi connectivity index (χ2v) is 4.08. The lowest BCUT2D eigenvalue weighted by molar-refractivity contribution is -0.136. The van der Waals surface area contributed by atoms with Crippen LogP contribution in [0.15, 0.2) is 41.5 Å². The third-order valence-corrected chi connectivity index (χ3v) is 3.03. The monoisotopic (exact) mass is 230 g/mol. The van der Waals surface area contributed by atoms with E-state index in [2.05, 4.69) is 10.9 Å². The van der Waals surface area contributed by atoms with E-state index in [0.717, 1.165) is 11.1 Å². The molecule has 0 fully saturated rings. The largest absolute Gasteiger partial charge is 0.306 e. The molecule has 0 saturated heterocycles. The third-order valence-electron chi connectivity index (χ3n) is 3.03. The summed E-state index contributed by atoms with van der Waals surface area (Å²) in [5.41, 5.74) is 7.68. The highest BCUT2D eigenvalue weighted by Gasteiger charge is 2.26. The number of amides is 1. The van der Waals surface area contributed by atoms with Crippen molar-refractivity contribution in [2.75, 3.05) is 0 Å². The Labute approximate surface area is 99.7 Å². The zero-order chi connectivity index (χ0) is 12.4. The van der Waals surface area contributed by atoms with Crippen LogP contribution in [0.25, 0.3) is 0 Å². The van der Waals surface area contributed by atoms with Crippen molar-refractivity contribution < 1.29 is 9.59 Å². The van der Waals surface area contributed by atoms with Crippen molar-refractivity contribution in [3.05, 3.63) is 47.0 Å². The van der Waals surface area contributed by atoms with Crippen LogP contribution in [-0.2, 0) is 9.59 Å². The van der Waals surface area contributed by atoms with Gasteiger partial charge in [0.15, 0.2) is 0 Å². The number of hydrogen-bond donors (Lipinski definition) is 2. The first kappa shape index (κ1) is 11.5. The molecule has 1 aliphatic heterocycles. The van der Waals surface area contributed by atoms with Gasteiger partial charge in [-0.1, -0.05) is 30.3 Å². The van der Waals surface area contributed by atoms with Crippen LogP contribution in [0, 0.1) is 0 Å². The maximum Gasteiger partial charge on any atom is 0.306 e. The zero-order valence-corrected chi connectivity index (χ0v) is 9.78. The Balaban J connectivity index is 2.43. The fourth-order valence-electron chi connectivity index (χ4n) is 1.85. The Kier molecular flexibility index (Phi) is 3.06. The third kappa shape index (κ3) is 2.12. The van der Waals surface area contributed by atoms with Crippen LogP contribution >= 0.6 is 0 Å². The van der Waals surface area contributed by atoms with Crippen LogP contribution in [-0.4, -0.2) is 11.7 Å². The van der Waals surface area contributed by atoms with Gasteiger partial charge >= 0.3 is 5.91 Å². The van der Waals surface area contributed by atoms with Gasteiger partial charge in [0.1, 0.15) is 0 Å². The lowest BCUT2D eigenvalue weighted by Crippen LogP contribution is -2.41. The summed E-state index contributed by atoms with van der Waals surface area (Å²) in [6.45, 7) is 3.54. The van der Waals surface area contributed by atoms with Crippen LogP contribution in [0.5, 0.6) is 0 Å². The van der Waals surface area contributed by atoms with E-state index in [1.165, 1.54) is 0 Å². The molecule has 2 rings (SSSR count). The Morgan fingerprint density at radius 3 is 2.35 bits per heavy atom. The van der Waals surface area contributed by atoms with Crippen LogP contribution in [0.2, 0.25) is 0 Å². The Bertz CT molecular complexity index is 491. The first-order chi connectivity index (χ1) is 8.11. The molecule has 0 aliphatic carbocycles. The van der Waals surface area contributed by atoms with Crippen LogP contribution in [0.4, 0.5) is 0 Å². The van der Waals surface area contributed by atoms with Crippen molar-refractivity contribution in [2.24, 2.45) is 0 Å². The average molecular weight is 230 g/mol. The molecule has 1 amide bonds. The second kappa shape index (κ2) is 4.51. The summed E-state index contributed by atoms with van der Waals surface area (Å²) in [5, 5.41) is 0. The summed E-state index contributed by atoms with van der Waals surface area (Å²) in [4.78, 5) is 23.0. The van der Waals surface area contributed by atoms with Gasteiger partial charge in [0, 0.05) is 5.57 Å². The van der Waals surface area contributed by atoms with Gasteiger partial charge < -0.3 is 0 Å². The molecule has 2 N–H and O–H groups in total. The van der Waals surface area contributed by atoms with E-state index < -0.39 is 11.7 Å². The molecule has 1 aromatic rings. The number of benzene rings is 1. The molecule has 0 bridgehead atoms. The highest BCUT2D eigenvalue weighted by atomic mass is 16.2. The van der Waals surface area contributed by atoms with Gasteiger partial charge in [0.05, 0.1) is 6.04 Å². The van der Waals surface area contributed by atoms with E-state index in [4.69, 9.17) is 0 Å². The van der Waals surface area contributed by atoms with Gasteiger partial charge in [-0.15, -0.1) is 0 Å². The van der Waals surface area contributed by atoms with Gasteiger partial charge in [0.25, 0.3) is 0 Å². The summed E-state index contributed by atoms with van der Waals surface area (Å²) in [6, 6.07) is 9.52. The van der Waals surface area contributed by atoms with Gasteiger partial charge in [-0.05, 0) is 25.0 Å². The van der Waals surface area contributed by atoms with E-state index in [0.29, 0.717) is 5.57 Å². The molecule has 0 aromatic heterocycles. The Hall–Kier alpha value is -1.94. The molecular formula is C13H14N2O2. The van der Waals surface area contributed by atoms with Crippen molar-refractivity contribution in [3.63, 3.8) is 0 Å². The lowest BCUT2D eigenvalue weighted by Gasteiger charge is -2.18. The van der Waals surface area contributed by atoms with Crippen LogP contribution < -0.4 is 10.9 Å². The van der Waals surface area contributed by atoms with Crippen LogP contribution in [0.3, 0.4) is 0 Å². The summed E-state index contributed by atoms with van der Waals surface area (Å²) in [5.74, 6) is -1.09. The molecule has 0 saturated carbocycles. The standard InChI is InChI=1S/C13H14N2O2/c1-8-9(2)12(16)13(17)15-14-11(8)10-6-4-3-5-7-10/h3-7,11,14H,1-2H3,(H,15,17)/t11-/m0/s1. The maximum absolute atomic E-state index is 11.6. The number of rotatable bonds is 1. The van der Waals surface area contributed by atoms with Gasteiger partial charge in [-0.2, -0.15) is 0 Å². The average Bonchev–Trinajstić information content (AvgIpc) is 2.45. The highest BCUT2D eigenvalue weighted by Crippen LogP contribution is 2.25. The quantitative estimate of drug-likeness (QED) is 0.714. The highest BCUT2D eigenvalue weighted by molar-refractivity contribution is 6.42. The summed E-state index contributed by atoms with van der Waals surface area (Å²) < 4.78 is 0. The van der Waals surface area contributed by atoms with Crippen molar-refractivity contribution in [1.29, 1.82) is 0 Å². The summed E-state index contributed by atoms with van der Waals surface area (Å²) >= 11 is 0. The molecule has 17 heavy (non-hydrogen) atoms. The molecule has 1 aliphatic rings. The second-order valence-electron chi connectivity index (χ2n) is 4.08. The predicted molar refractivity (Wildman–Crippen MR) is 63.8 cm³/mol. The minimum atomic E-state index is -0.611. The lowest BCUT2D eigenvalue weighted by atomic mass is 9.95. The molecule has 0 radical (unpaired) electrons.